The van der Waals surface area contributed by atoms with E-state index in [1.807, 2.05) is 17.8 Å². The largest absolute Gasteiger partial charge is 0.395 e. The van der Waals surface area contributed by atoms with Crippen LogP contribution in [0.5, 0.6) is 0 Å². The van der Waals surface area contributed by atoms with Crippen LogP contribution in [0.3, 0.4) is 0 Å². The maximum Gasteiger partial charge on any atom is 0.226 e. The number of likely N-dealkylation sites (N-methyl/N-ethyl adjacent to an activating group) is 1. The molecule has 19 heavy (non-hydrogen) atoms. The van der Waals surface area contributed by atoms with Crippen LogP contribution >= 0.6 is 0 Å². The van der Waals surface area contributed by atoms with Crippen LogP contribution in [0, 0.1) is 11.3 Å². The molecule has 0 fully saturated rings. The number of rotatable bonds is 2. The van der Waals surface area contributed by atoms with E-state index in [1.165, 1.54) is 5.56 Å². The maximum absolute atomic E-state index is 12.3. The number of allylic oxidation sites excluding steroid dienone is 2. The Morgan fingerprint density at radius 1 is 1.58 bits per heavy atom. The summed E-state index contributed by atoms with van der Waals surface area (Å²) in [5.74, 6) is -0.127. The normalized spacial score (nSPS) is 17.1. The Morgan fingerprint density at radius 3 is 3.11 bits per heavy atom. The lowest BCUT2D eigenvalue weighted by atomic mass is 9.92. The molecule has 1 aliphatic carbocycles. The second-order valence-electron chi connectivity index (χ2n) is 4.97. The number of ketones is 1. The van der Waals surface area contributed by atoms with Gasteiger partial charge in [0.1, 0.15) is 19.3 Å². The Kier molecular flexibility index (Phi) is 2.53. The molecule has 5 nitrogen and oxygen atoms in total. The molecule has 0 amide bonds. The standard InChI is InChI=1S/C14H14N4O/c1-17-6-3-9-8-18(5-2-4-15)13-12(9)11(17)7-10(16)14(13)19/h7-8,16H,2-3,5-6H2,1H3/p+1. The number of carbonyl (C=O) groups is 1. The van der Waals surface area contributed by atoms with Crippen LogP contribution in [0.15, 0.2) is 18.0 Å². The zero-order chi connectivity index (χ0) is 13.6. The van der Waals surface area contributed by atoms with E-state index in [0.717, 1.165) is 24.2 Å². The highest BCUT2D eigenvalue weighted by Crippen LogP contribution is 2.28. The summed E-state index contributed by atoms with van der Waals surface area (Å²) in [7, 11) is 2.01. The van der Waals surface area contributed by atoms with Crippen LogP contribution in [-0.2, 0) is 13.0 Å². The molecule has 5 heteroatoms. The first-order valence-electron chi connectivity index (χ1n) is 6.32. The van der Waals surface area contributed by atoms with Crippen LogP contribution in [0.25, 0.3) is 0 Å². The van der Waals surface area contributed by atoms with Gasteiger partial charge >= 0.3 is 0 Å². The molecular formula is C14H15N4O+. The Morgan fingerprint density at radius 2 is 2.37 bits per heavy atom. The van der Waals surface area contributed by atoms with Crippen LogP contribution in [-0.4, -0.2) is 34.2 Å². The van der Waals surface area contributed by atoms with Gasteiger partial charge in [-0.1, -0.05) is 0 Å². The summed E-state index contributed by atoms with van der Waals surface area (Å²) in [6.45, 7) is 1.46. The third-order valence-electron chi connectivity index (χ3n) is 3.77. The molecule has 0 bridgehead atoms. The molecule has 1 aromatic heterocycles. The van der Waals surface area contributed by atoms with Gasteiger partial charge < -0.3 is 10.3 Å². The predicted octanol–water partition coefficient (Wildman–Crippen LogP) is 0.428. The molecule has 2 aliphatic rings. The van der Waals surface area contributed by atoms with Gasteiger partial charge in [-0.15, -0.1) is 0 Å². The summed E-state index contributed by atoms with van der Waals surface area (Å²) in [5.41, 5.74) is 9.96. The number of nitrogens with two attached hydrogens (primary N) is 1. The van der Waals surface area contributed by atoms with Gasteiger partial charge in [-0.25, -0.2) is 4.58 Å². The van der Waals surface area contributed by atoms with Crippen molar-refractivity contribution in [1.29, 1.82) is 5.26 Å². The summed E-state index contributed by atoms with van der Waals surface area (Å²) in [6, 6.07) is 2.12. The summed E-state index contributed by atoms with van der Waals surface area (Å²) in [6.07, 6.45) is 5.08. The SMILES string of the molecule is C[N+]1=C2C=C(N)C(=O)c3c2c(cn3CCC#N)CC1. The van der Waals surface area contributed by atoms with E-state index in [0.29, 0.717) is 18.7 Å². The second kappa shape index (κ2) is 4.09. The van der Waals surface area contributed by atoms with E-state index in [9.17, 15) is 4.79 Å². The second-order valence-corrected chi connectivity index (χ2v) is 4.97. The van der Waals surface area contributed by atoms with Crippen molar-refractivity contribution in [1.82, 2.24) is 4.57 Å². The van der Waals surface area contributed by atoms with E-state index in [-0.39, 0.29) is 11.5 Å². The number of hydrogen-bond donors (Lipinski definition) is 1. The molecular weight excluding hydrogens is 240 g/mol. The fourth-order valence-corrected chi connectivity index (χ4v) is 2.81. The van der Waals surface area contributed by atoms with Crippen molar-refractivity contribution in [2.24, 2.45) is 5.73 Å². The Labute approximate surface area is 111 Å². The van der Waals surface area contributed by atoms with Crippen molar-refractivity contribution in [2.45, 2.75) is 19.4 Å². The fraction of sp³-hybridized carbons (Fsp3) is 0.357. The third-order valence-corrected chi connectivity index (χ3v) is 3.77. The molecule has 0 unspecified atom stereocenters. The zero-order valence-electron chi connectivity index (χ0n) is 10.8. The number of aromatic nitrogens is 1. The van der Waals surface area contributed by atoms with E-state index in [2.05, 4.69) is 10.6 Å². The molecule has 0 aromatic carbocycles. The highest BCUT2D eigenvalue weighted by atomic mass is 16.1. The first-order valence-corrected chi connectivity index (χ1v) is 6.32. The summed E-state index contributed by atoms with van der Waals surface area (Å²) < 4.78 is 4.01. The van der Waals surface area contributed by atoms with Gasteiger partial charge in [0.25, 0.3) is 0 Å². The molecule has 0 saturated heterocycles. The van der Waals surface area contributed by atoms with E-state index >= 15 is 0 Å². The van der Waals surface area contributed by atoms with Gasteiger partial charge in [-0.05, 0) is 5.56 Å². The average Bonchev–Trinajstić information content (AvgIpc) is 2.76. The van der Waals surface area contributed by atoms with Gasteiger partial charge in [0.15, 0.2) is 0 Å². The molecule has 1 aliphatic heterocycles. The smallest absolute Gasteiger partial charge is 0.226 e. The molecule has 1 aromatic rings. The minimum Gasteiger partial charge on any atom is -0.395 e. The first-order chi connectivity index (χ1) is 9.13. The summed E-state index contributed by atoms with van der Waals surface area (Å²) in [4.78, 5) is 12.3. The number of hydrogen-bond acceptors (Lipinski definition) is 3. The Hall–Kier alpha value is -2.35. The fourth-order valence-electron chi connectivity index (χ4n) is 2.81. The quantitative estimate of drug-likeness (QED) is 0.779. The first kappa shape index (κ1) is 11.7. The van der Waals surface area contributed by atoms with Gasteiger partial charge in [0.2, 0.25) is 11.5 Å². The molecule has 3 rings (SSSR count). The van der Waals surface area contributed by atoms with Crippen LogP contribution in [0.2, 0.25) is 0 Å². The van der Waals surface area contributed by atoms with E-state index in [4.69, 9.17) is 11.0 Å². The minimum atomic E-state index is -0.127. The summed E-state index contributed by atoms with van der Waals surface area (Å²) in [5, 5.41) is 8.72. The number of Topliss-reactive ketones (excluding diaryl/α,β-unsaturated/α-hetero) is 1. The average molecular weight is 255 g/mol. The van der Waals surface area contributed by atoms with Crippen molar-refractivity contribution >= 4 is 11.5 Å². The molecule has 0 radical (unpaired) electrons. The molecule has 2 N–H and O–H groups in total. The highest BCUT2D eigenvalue weighted by molar-refractivity contribution is 6.24. The molecule has 2 heterocycles. The molecule has 0 saturated carbocycles. The van der Waals surface area contributed by atoms with Gasteiger partial charge in [-0.3, -0.25) is 4.79 Å². The molecule has 96 valence electrons. The van der Waals surface area contributed by atoms with Gasteiger partial charge in [0, 0.05) is 25.2 Å². The third kappa shape index (κ3) is 1.60. The van der Waals surface area contributed by atoms with Gasteiger partial charge in [-0.2, -0.15) is 5.26 Å². The lowest BCUT2D eigenvalue weighted by Gasteiger charge is -2.17. The number of carbonyl (C=O) groups excluding carboxylic acids is 1. The van der Waals surface area contributed by atoms with E-state index in [1.54, 1.807) is 6.08 Å². The summed E-state index contributed by atoms with van der Waals surface area (Å²) >= 11 is 0. The van der Waals surface area contributed by atoms with E-state index < -0.39 is 0 Å². The topological polar surface area (TPSA) is 74.8 Å². The van der Waals surface area contributed by atoms with Crippen molar-refractivity contribution in [3.8, 4) is 6.07 Å². The lowest BCUT2D eigenvalue weighted by molar-refractivity contribution is -0.497. The number of nitrogens with zero attached hydrogens (tertiary/aromatic N) is 3. The van der Waals surface area contributed by atoms with Gasteiger partial charge in [0.05, 0.1) is 23.8 Å². The maximum atomic E-state index is 12.3. The van der Waals surface area contributed by atoms with Crippen molar-refractivity contribution in [3.05, 3.63) is 34.8 Å². The van der Waals surface area contributed by atoms with Crippen molar-refractivity contribution < 1.29 is 9.37 Å². The van der Waals surface area contributed by atoms with Crippen LogP contribution in [0.4, 0.5) is 0 Å². The minimum absolute atomic E-state index is 0.127. The number of nitriles is 1. The highest BCUT2D eigenvalue weighted by Gasteiger charge is 2.36. The predicted molar refractivity (Wildman–Crippen MR) is 70.1 cm³/mol. The zero-order valence-corrected chi connectivity index (χ0v) is 10.8. The molecule has 0 atom stereocenters. The van der Waals surface area contributed by atoms with Crippen LogP contribution < -0.4 is 5.73 Å². The monoisotopic (exact) mass is 255 g/mol. The van der Waals surface area contributed by atoms with Crippen molar-refractivity contribution in [3.63, 3.8) is 0 Å². The Balaban J connectivity index is 2.22. The number of aryl methyl sites for hydroxylation is 1. The lowest BCUT2D eigenvalue weighted by Crippen LogP contribution is -2.32. The van der Waals surface area contributed by atoms with Crippen molar-refractivity contribution in [2.75, 3.05) is 13.6 Å². The van der Waals surface area contributed by atoms with Crippen LogP contribution in [0.1, 0.15) is 28.0 Å². The Bertz CT molecular complexity index is 685. The molecule has 0 spiro atoms.